The summed E-state index contributed by atoms with van der Waals surface area (Å²) in [5.41, 5.74) is 2.24. The molecule has 118 valence electrons. The van der Waals surface area contributed by atoms with Gasteiger partial charge in [-0.15, -0.1) is 11.3 Å². The van der Waals surface area contributed by atoms with E-state index in [4.69, 9.17) is 9.88 Å². The molecule has 22 heavy (non-hydrogen) atoms. The SMILES string of the molecule is NS(=O)(=O)c1ccsc1CNc1ccc(C2CCOC2)cc1. The molecule has 7 heteroatoms. The first-order valence-electron chi connectivity index (χ1n) is 7.05. The third kappa shape index (κ3) is 3.49. The second-order valence-electron chi connectivity index (χ2n) is 5.29. The molecule has 0 radical (unpaired) electrons. The first-order chi connectivity index (χ1) is 10.5. The van der Waals surface area contributed by atoms with Gasteiger partial charge >= 0.3 is 0 Å². The summed E-state index contributed by atoms with van der Waals surface area (Å²) >= 11 is 1.38. The Balaban J connectivity index is 1.66. The lowest BCUT2D eigenvalue weighted by Crippen LogP contribution is -2.14. The predicted molar refractivity (Wildman–Crippen MR) is 87.6 cm³/mol. The third-order valence-electron chi connectivity index (χ3n) is 3.78. The average molecular weight is 338 g/mol. The topological polar surface area (TPSA) is 81.4 Å². The highest BCUT2D eigenvalue weighted by molar-refractivity contribution is 7.89. The average Bonchev–Trinajstić information content (AvgIpc) is 3.16. The molecule has 2 heterocycles. The van der Waals surface area contributed by atoms with Crippen LogP contribution in [0.25, 0.3) is 0 Å². The standard InChI is InChI=1S/C15H18N2O3S2/c16-22(18,19)15-6-8-21-14(15)9-17-13-3-1-11(2-4-13)12-5-7-20-10-12/h1-4,6,8,12,17H,5,7,9-10H2,(H2,16,18,19). The molecule has 0 aliphatic carbocycles. The summed E-state index contributed by atoms with van der Waals surface area (Å²) in [4.78, 5) is 0.917. The van der Waals surface area contributed by atoms with Gasteiger partial charge in [-0.2, -0.15) is 0 Å². The van der Waals surface area contributed by atoms with Crippen molar-refractivity contribution in [2.45, 2.75) is 23.8 Å². The van der Waals surface area contributed by atoms with Gasteiger partial charge in [-0.3, -0.25) is 0 Å². The van der Waals surface area contributed by atoms with E-state index in [1.54, 1.807) is 11.4 Å². The van der Waals surface area contributed by atoms with Crippen LogP contribution in [0.15, 0.2) is 40.6 Å². The Morgan fingerprint density at radius 2 is 2.05 bits per heavy atom. The van der Waals surface area contributed by atoms with Crippen LogP contribution in [0.3, 0.4) is 0 Å². The smallest absolute Gasteiger partial charge is 0.239 e. The van der Waals surface area contributed by atoms with Gasteiger partial charge in [-0.05, 0) is 35.6 Å². The lowest BCUT2D eigenvalue weighted by atomic mass is 9.98. The number of anilines is 1. The lowest BCUT2D eigenvalue weighted by molar-refractivity contribution is 0.194. The number of thiophene rings is 1. The van der Waals surface area contributed by atoms with E-state index in [1.807, 2.05) is 12.1 Å². The number of ether oxygens (including phenoxy) is 1. The zero-order chi connectivity index (χ0) is 15.6. The van der Waals surface area contributed by atoms with Gasteiger partial charge in [-0.25, -0.2) is 13.6 Å². The molecule has 1 aromatic heterocycles. The maximum Gasteiger partial charge on any atom is 0.239 e. The van der Waals surface area contributed by atoms with E-state index in [0.717, 1.165) is 30.2 Å². The summed E-state index contributed by atoms with van der Waals surface area (Å²) in [7, 11) is -3.66. The highest BCUT2D eigenvalue weighted by Gasteiger charge is 2.17. The first-order valence-corrected chi connectivity index (χ1v) is 9.47. The first kappa shape index (κ1) is 15.5. The van der Waals surface area contributed by atoms with Crippen LogP contribution in [0.4, 0.5) is 5.69 Å². The van der Waals surface area contributed by atoms with Gasteiger partial charge in [0.2, 0.25) is 10.0 Å². The van der Waals surface area contributed by atoms with Crippen molar-refractivity contribution in [2.24, 2.45) is 5.14 Å². The Morgan fingerprint density at radius 3 is 2.68 bits per heavy atom. The maximum absolute atomic E-state index is 11.5. The van der Waals surface area contributed by atoms with Gasteiger partial charge in [0.25, 0.3) is 0 Å². The number of sulfonamides is 1. The largest absolute Gasteiger partial charge is 0.381 e. The molecule has 2 aromatic rings. The molecule has 3 rings (SSSR count). The minimum absolute atomic E-state index is 0.199. The van der Waals surface area contributed by atoms with Gasteiger partial charge in [-0.1, -0.05) is 12.1 Å². The van der Waals surface area contributed by atoms with E-state index in [0.29, 0.717) is 12.5 Å². The number of hydrogen-bond acceptors (Lipinski definition) is 5. The number of rotatable bonds is 5. The van der Waals surface area contributed by atoms with Crippen molar-refractivity contribution < 1.29 is 13.2 Å². The molecule has 1 fully saturated rings. The fraction of sp³-hybridized carbons (Fsp3) is 0.333. The second-order valence-corrected chi connectivity index (χ2v) is 7.82. The fourth-order valence-corrected chi connectivity index (χ4v) is 4.50. The van der Waals surface area contributed by atoms with Crippen LogP contribution in [0.1, 0.15) is 22.8 Å². The van der Waals surface area contributed by atoms with Crippen molar-refractivity contribution in [3.05, 3.63) is 46.2 Å². The fourth-order valence-electron chi connectivity index (χ4n) is 2.56. The predicted octanol–water partition coefficient (Wildman–Crippen LogP) is 2.51. The Labute approximate surface area is 134 Å². The van der Waals surface area contributed by atoms with Gasteiger partial charge < -0.3 is 10.1 Å². The molecule has 1 aliphatic heterocycles. The normalized spacial score (nSPS) is 18.5. The van der Waals surface area contributed by atoms with Crippen molar-refractivity contribution in [1.29, 1.82) is 0 Å². The molecule has 0 bridgehead atoms. The highest BCUT2D eigenvalue weighted by atomic mass is 32.2. The summed E-state index contributed by atoms with van der Waals surface area (Å²) < 4.78 is 28.3. The van der Waals surface area contributed by atoms with Gasteiger partial charge in [0.15, 0.2) is 0 Å². The molecule has 1 saturated heterocycles. The van der Waals surface area contributed by atoms with E-state index < -0.39 is 10.0 Å². The summed E-state index contributed by atoms with van der Waals surface area (Å²) in [5.74, 6) is 0.486. The molecule has 5 nitrogen and oxygen atoms in total. The van der Waals surface area contributed by atoms with Crippen LogP contribution in [0, 0.1) is 0 Å². The second kappa shape index (κ2) is 6.37. The van der Waals surface area contributed by atoms with Crippen LogP contribution in [-0.2, 0) is 21.3 Å². The minimum Gasteiger partial charge on any atom is -0.381 e. The zero-order valence-electron chi connectivity index (χ0n) is 12.0. The molecular weight excluding hydrogens is 320 g/mol. The Kier molecular flexibility index (Phi) is 4.49. The van der Waals surface area contributed by atoms with Gasteiger partial charge in [0.05, 0.1) is 18.0 Å². The van der Waals surface area contributed by atoms with Crippen LogP contribution < -0.4 is 10.5 Å². The summed E-state index contributed by atoms with van der Waals surface area (Å²) in [5, 5.41) is 10.2. The van der Waals surface area contributed by atoms with Crippen molar-refractivity contribution >= 4 is 27.0 Å². The molecule has 0 saturated carbocycles. The number of hydrogen-bond donors (Lipinski definition) is 2. The van der Waals surface area contributed by atoms with Crippen LogP contribution in [0.2, 0.25) is 0 Å². The molecule has 1 aromatic carbocycles. The lowest BCUT2D eigenvalue weighted by Gasteiger charge is -2.10. The van der Waals surface area contributed by atoms with Crippen LogP contribution >= 0.6 is 11.3 Å². The molecule has 0 amide bonds. The molecule has 1 aliphatic rings. The van der Waals surface area contributed by atoms with Crippen molar-refractivity contribution in [2.75, 3.05) is 18.5 Å². The molecule has 1 unspecified atom stereocenters. The quantitative estimate of drug-likeness (QED) is 0.878. The van der Waals surface area contributed by atoms with Gasteiger partial charge in [0, 0.05) is 23.1 Å². The molecule has 3 N–H and O–H groups in total. The number of nitrogens with two attached hydrogens (primary N) is 1. The Morgan fingerprint density at radius 1 is 1.27 bits per heavy atom. The minimum atomic E-state index is -3.66. The molecule has 0 spiro atoms. The monoisotopic (exact) mass is 338 g/mol. The van der Waals surface area contributed by atoms with Crippen molar-refractivity contribution in [3.63, 3.8) is 0 Å². The van der Waals surface area contributed by atoms with E-state index >= 15 is 0 Å². The van der Waals surface area contributed by atoms with Crippen LogP contribution in [0.5, 0.6) is 0 Å². The number of nitrogens with one attached hydrogen (secondary N) is 1. The van der Waals surface area contributed by atoms with E-state index in [2.05, 4.69) is 17.4 Å². The van der Waals surface area contributed by atoms with Crippen molar-refractivity contribution in [1.82, 2.24) is 0 Å². The Bertz CT molecular complexity index is 732. The number of benzene rings is 1. The van der Waals surface area contributed by atoms with Gasteiger partial charge in [0.1, 0.15) is 0 Å². The number of primary sulfonamides is 1. The van der Waals surface area contributed by atoms with E-state index in [1.165, 1.54) is 16.9 Å². The summed E-state index contributed by atoms with van der Waals surface area (Å²) in [6.07, 6.45) is 1.07. The molecular formula is C15H18N2O3S2. The van der Waals surface area contributed by atoms with Crippen LogP contribution in [-0.4, -0.2) is 21.6 Å². The summed E-state index contributed by atoms with van der Waals surface area (Å²) in [6, 6.07) is 9.75. The molecule has 1 atom stereocenters. The maximum atomic E-state index is 11.5. The van der Waals surface area contributed by atoms with E-state index in [9.17, 15) is 8.42 Å². The third-order valence-corrected chi connectivity index (χ3v) is 5.82. The van der Waals surface area contributed by atoms with E-state index in [-0.39, 0.29) is 4.90 Å². The van der Waals surface area contributed by atoms with Crippen molar-refractivity contribution in [3.8, 4) is 0 Å². The Hall–Kier alpha value is -1.41. The summed E-state index contributed by atoms with van der Waals surface area (Å²) in [6.45, 7) is 2.06. The zero-order valence-corrected chi connectivity index (χ0v) is 13.6. The highest BCUT2D eigenvalue weighted by Crippen LogP contribution is 2.27.